The molecule has 0 amide bonds. The predicted molar refractivity (Wildman–Crippen MR) is 99.1 cm³/mol. The van der Waals surface area contributed by atoms with E-state index in [1.54, 1.807) is 0 Å². The second-order valence-corrected chi connectivity index (χ2v) is 7.23. The Bertz CT molecular complexity index is 325. The third-order valence-corrected chi connectivity index (χ3v) is 4.46. The molecule has 136 valence electrons. The van der Waals surface area contributed by atoms with Gasteiger partial charge in [0.2, 0.25) is 0 Å². The molecule has 0 aliphatic carbocycles. The highest BCUT2D eigenvalue weighted by Gasteiger charge is 2.24. The quantitative estimate of drug-likeness (QED) is 0.367. The van der Waals surface area contributed by atoms with Crippen molar-refractivity contribution < 1.29 is 4.74 Å². The van der Waals surface area contributed by atoms with E-state index < -0.39 is 0 Å². The van der Waals surface area contributed by atoms with Gasteiger partial charge in [-0.15, -0.1) is 0 Å². The summed E-state index contributed by atoms with van der Waals surface area (Å²) in [4.78, 5) is 6.92. The van der Waals surface area contributed by atoms with E-state index in [1.165, 1.54) is 25.9 Å². The van der Waals surface area contributed by atoms with Crippen LogP contribution in [0.4, 0.5) is 0 Å². The molecule has 0 saturated carbocycles. The Morgan fingerprint density at radius 2 is 1.78 bits per heavy atom. The summed E-state index contributed by atoms with van der Waals surface area (Å²) in [6.07, 6.45) is 3.80. The number of hydrogen-bond donors (Lipinski definition) is 2. The zero-order chi connectivity index (χ0) is 17.1. The maximum atomic E-state index is 5.63. The molecule has 0 bridgehead atoms. The largest absolute Gasteiger partial charge is 0.380 e. The van der Waals surface area contributed by atoms with Crippen LogP contribution in [-0.2, 0) is 4.74 Å². The second kappa shape index (κ2) is 11.7. The van der Waals surface area contributed by atoms with Gasteiger partial charge in [-0.2, -0.15) is 0 Å². The number of aliphatic imine (C=N–C) groups is 1. The topological polar surface area (TPSA) is 48.9 Å². The van der Waals surface area contributed by atoms with Crippen LogP contribution in [0.3, 0.4) is 0 Å². The van der Waals surface area contributed by atoms with Crippen molar-refractivity contribution in [2.75, 3.05) is 46.4 Å². The highest BCUT2D eigenvalue weighted by molar-refractivity contribution is 5.79. The minimum Gasteiger partial charge on any atom is -0.380 e. The molecule has 0 aromatic rings. The molecule has 0 radical (unpaired) electrons. The van der Waals surface area contributed by atoms with Crippen LogP contribution >= 0.6 is 0 Å². The lowest BCUT2D eigenvalue weighted by atomic mass is 10.0. The van der Waals surface area contributed by atoms with E-state index in [0.29, 0.717) is 17.9 Å². The summed E-state index contributed by atoms with van der Waals surface area (Å²) in [5.74, 6) is 2.23. The summed E-state index contributed by atoms with van der Waals surface area (Å²) >= 11 is 0. The maximum Gasteiger partial charge on any atom is 0.191 e. The number of likely N-dealkylation sites (tertiary alicyclic amines) is 1. The third-order valence-electron chi connectivity index (χ3n) is 4.46. The van der Waals surface area contributed by atoms with Crippen molar-refractivity contribution in [2.45, 2.75) is 53.0 Å². The van der Waals surface area contributed by atoms with Gasteiger partial charge in [-0.05, 0) is 44.2 Å². The first-order valence-corrected chi connectivity index (χ1v) is 9.31. The zero-order valence-electron chi connectivity index (χ0n) is 15.9. The van der Waals surface area contributed by atoms with E-state index in [2.05, 4.69) is 48.2 Å². The monoisotopic (exact) mass is 326 g/mol. The normalized spacial score (nSPS) is 18.0. The summed E-state index contributed by atoms with van der Waals surface area (Å²) < 4.78 is 5.63. The van der Waals surface area contributed by atoms with E-state index in [1.807, 2.05) is 7.05 Å². The van der Waals surface area contributed by atoms with E-state index in [4.69, 9.17) is 4.74 Å². The van der Waals surface area contributed by atoms with Crippen LogP contribution in [0.5, 0.6) is 0 Å². The van der Waals surface area contributed by atoms with Gasteiger partial charge in [-0.25, -0.2) is 0 Å². The molecule has 1 saturated heterocycles. The van der Waals surface area contributed by atoms with Gasteiger partial charge < -0.3 is 15.4 Å². The van der Waals surface area contributed by atoms with Crippen LogP contribution in [-0.4, -0.2) is 63.3 Å². The lowest BCUT2D eigenvalue weighted by molar-refractivity contribution is 0.128. The molecule has 1 atom stereocenters. The first-order valence-electron chi connectivity index (χ1n) is 9.31. The fourth-order valence-corrected chi connectivity index (χ4v) is 2.94. The molecule has 1 fully saturated rings. The average Bonchev–Trinajstić information content (AvgIpc) is 3.02. The summed E-state index contributed by atoms with van der Waals surface area (Å²) in [5, 5.41) is 6.82. The number of rotatable bonds is 10. The van der Waals surface area contributed by atoms with Crippen LogP contribution in [0.2, 0.25) is 0 Å². The summed E-state index contributed by atoms with van der Waals surface area (Å²) in [6.45, 7) is 14.9. The molecule has 0 spiro atoms. The van der Waals surface area contributed by atoms with Gasteiger partial charge in [-0.3, -0.25) is 9.89 Å². The van der Waals surface area contributed by atoms with Crippen LogP contribution in [0.1, 0.15) is 47.0 Å². The number of guanidine groups is 1. The Balaban J connectivity index is 2.21. The molecule has 1 heterocycles. The van der Waals surface area contributed by atoms with Crippen LogP contribution in [0, 0.1) is 11.8 Å². The number of ether oxygens (including phenoxy) is 1. The van der Waals surface area contributed by atoms with Crippen molar-refractivity contribution >= 4 is 5.96 Å². The molecule has 0 aromatic carbocycles. The van der Waals surface area contributed by atoms with Gasteiger partial charge in [0.1, 0.15) is 0 Å². The first-order chi connectivity index (χ1) is 11.0. The fourth-order valence-electron chi connectivity index (χ4n) is 2.94. The van der Waals surface area contributed by atoms with Crippen molar-refractivity contribution in [3.63, 3.8) is 0 Å². The standard InChI is InChI=1S/C18H38N4O/c1-15(2)8-12-23-13-9-20-18(19-5)21-14-17(16(3)4)22-10-6-7-11-22/h15-17H,6-14H2,1-5H3,(H2,19,20,21). The highest BCUT2D eigenvalue weighted by atomic mass is 16.5. The maximum absolute atomic E-state index is 5.63. The molecule has 5 nitrogen and oxygen atoms in total. The molecule has 1 aliphatic rings. The predicted octanol–water partition coefficient (Wildman–Crippen LogP) is 2.33. The molecular weight excluding hydrogens is 288 g/mol. The van der Waals surface area contributed by atoms with Crippen molar-refractivity contribution in [3.05, 3.63) is 0 Å². The molecule has 1 rings (SSSR count). The van der Waals surface area contributed by atoms with Gasteiger partial charge in [0.25, 0.3) is 0 Å². The van der Waals surface area contributed by atoms with E-state index in [0.717, 1.165) is 38.7 Å². The summed E-state index contributed by atoms with van der Waals surface area (Å²) in [6, 6.07) is 0.582. The SMILES string of the molecule is CN=C(NCCOCCC(C)C)NCC(C(C)C)N1CCCC1. The number of nitrogens with one attached hydrogen (secondary N) is 2. The highest BCUT2D eigenvalue weighted by Crippen LogP contribution is 2.16. The van der Waals surface area contributed by atoms with Gasteiger partial charge in [0.15, 0.2) is 5.96 Å². The van der Waals surface area contributed by atoms with Gasteiger partial charge >= 0.3 is 0 Å². The lowest BCUT2D eigenvalue weighted by Gasteiger charge is -2.31. The van der Waals surface area contributed by atoms with E-state index >= 15 is 0 Å². The number of nitrogens with zero attached hydrogens (tertiary/aromatic N) is 2. The lowest BCUT2D eigenvalue weighted by Crippen LogP contribution is -2.49. The Hall–Kier alpha value is -0.810. The number of hydrogen-bond acceptors (Lipinski definition) is 3. The molecule has 0 aromatic heterocycles. The molecule has 5 heteroatoms. The third kappa shape index (κ3) is 8.56. The Kier molecular flexibility index (Phi) is 10.3. The van der Waals surface area contributed by atoms with Crippen LogP contribution in [0.15, 0.2) is 4.99 Å². The van der Waals surface area contributed by atoms with Crippen LogP contribution < -0.4 is 10.6 Å². The van der Waals surface area contributed by atoms with Crippen molar-refractivity contribution in [2.24, 2.45) is 16.8 Å². The summed E-state index contributed by atoms with van der Waals surface area (Å²) in [7, 11) is 1.83. The van der Waals surface area contributed by atoms with Crippen molar-refractivity contribution in [3.8, 4) is 0 Å². The molecule has 2 N–H and O–H groups in total. The van der Waals surface area contributed by atoms with Crippen molar-refractivity contribution in [1.29, 1.82) is 0 Å². The van der Waals surface area contributed by atoms with Gasteiger partial charge in [0, 0.05) is 32.8 Å². The molecule has 23 heavy (non-hydrogen) atoms. The first kappa shape index (κ1) is 20.2. The van der Waals surface area contributed by atoms with Crippen LogP contribution in [0.25, 0.3) is 0 Å². The van der Waals surface area contributed by atoms with Gasteiger partial charge in [0.05, 0.1) is 6.61 Å². The van der Waals surface area contributed by atoms with Crippen molar-refractivity contribution in [1.82, 2.24) is 15.5 Å². The minimum absolute atomic E-state index is 0.582. The Labute approximate surface area is 143 Å². The Morgan fingerprint density at radius 1 is 1.09 bits per heavy atom. The molecule has 1 unspecified atom stereocenters. The summed E-state index contributed by atoms with van der Waals surface area (Å²) in [5.41, 5.74) is 0. The van der Waals surface area contributed by atoms with Gasteiger partial charge in [-0.1, -0.05) is 27.7 Å². The minimum atomic E-state index is 0.582. The Morgan fingerprint density at radius 3 is 2.35 bits per heavy atom. The molecular formula is C18H38N4O. The van der Waals surface area contributed by atoms with E-state index in [9.17, 15) is 0 Å². The molecule has 1 aliphatic heterocycles. The second-order valence-electron chi connectivity index (χ2n) is 7.23. The smallest absolute Gasteiger partial charge is 0.191 e. The fraction of sp³-hybridized carbons (Fsp3) is 0.944. The average molecular weight is 327 g/mol. The zero-order valence-corrected chi connectivity index (χ0v) is 15.9. The van der Waals surface area contributed by atoms with E-state index in [-0.39, 0.29) is 0 Å².